The third-order valence-corrected chi connectivity index (χ3v) is 4.20. The molecule has 0 aliphatic rings. The summed E-state index contributed by atoms with van der Waals surface area (Å²) in [6, 6.07) is 12.6. The van der Waals surface area contributed by atoms with E-state index in [9.17, 15) is 4.79 Å². The van der Waals surface area contributed by atoms with Crippen molar-refractivity contribution in [2.24, 2.45) is 0 Å². The van der Waals surface area contributed by atoms with Gasteiger partial charge in [-0.1, -0.05) is 22.8 Å². The van der Waals surface area contributed by atoms with Crippen molar-refractivity contribution in [3.8, 4) is 17.1 Å². The van der Waals surface area contributed by atoms with Gasteiger partial charge in [0.2, 0.25) is 11.7 Å². The molecular weight excluding hydrogens is 354 g/mol. The number of amides is 1. The van der Waals surface area contributed by atoms with Crippen LogP contribution in [-0.4, -0.2) is 35.1 Å². The molecule has 1 heterocycles. The lowest BCUT2D eigenvalue weighted by Crippen LogP contribution is -2.26. The molecule has 1 aromatic heterocycles. The molecule has 0 spiro atoms. The van der Waals surface area contributed by atoms with Crippen molar-refractivity contribution in [2.45, 2.75) is 13.5 Å². The fraction of sp³-hybridized carbons (Fsp3) is 0.211. The van der Waals surface area contributed by atoms with Crippen LogP contribution in [0.3, 0.4) is 0 Å². The number of carbonyl (C=O) groups is 1. The molecule has 2 aromatic carbocycles. The minimum absolute atomic E-state index is 0.187. The number of halogens is 1. The van der Waals surface area contributed by atoms with Gasteiger partial charge in [0.1, 0.15) is 5.75 Å². The molecule has 26 heavy (non-hydrogen) atoms. The van der Waals surface area contributed by atoms with Crippen molar-refractivity contribution in [2.75, 3.05) is 14.2 Å². The summed E-state index contributed by atoms with van der Waals surface area (Å²) in [6.07, 6.45) is 0. The predicted octanol–water partition coefficient (Wildman–Crippen LogP) is 3.98. The van der Waals surface area contributed by atoms with Crippen LogP contribution in [0.5, 0.6) is 5.75 Å². The van der Waals surface area contributed by atoms with E-state index < -0.39 is 0 Å². The fourth-order valence-corrected chi connectivity index (χ4v) is 2.77. The van der Waals surface area contributed by atoms with E-state index in [1.165, 1.54) is 4.90 Å². The molecule has 7 heteroatoms. The van der Waals surface area contributed by atoms with Gasteiger partial charge in [0.05, 0.1) is 24.2 Å². The van der Waals surface area contributed by atoms with Crippen molar-refractivity contribution in [1.82, 2.24) is 15.0 Å². The summed E-state index contributed by atoms with van der Waals surface area (Å²) in [5.74, 6) is 1.34. The van der Waals surface area contributed by atoms with Crippen molar-refractivity contribution >= 4 is 17.5 Å². The Kier molecular flexibility index (Phi) is 5.23. The van der Waals surface area contributed by atoms with Crippen LogP contribution in [0, 0.1) is 6.92 Å². The summed E-state index contributed by atoms with van der Waals surface area (Å²) in [5.41, 5.74) is 2.24. The molecule has 0 saturated heterocycles. The zero-order chi connectivity index (χ0) is 18.7. The van der Waals surface area contributed by atoms with Crippen LogP contribution in [0.25, 0.3) is 11.4 Å². The van der Waals surface area contributed by atoms with Gasteiger partial charge in [0.15, 0.2) is 0 Å². The molecular formula is C19H18ClN3O3. The Morgan fingerprint density at radius 2 is 1.96 bits per heavy atom. The first-order chi connectivity index (χ1) is 12.5. The minimum atomic E-state index is -0.209. The van der Waals surface area contributed by atoms with E-state index in [1.54, 1.807) is 26.3 Å². The van der Waals surface area contributed by atoms with Gasteiger partial charge in [0, 0.05) is 12.6 Å². The van der Waals surface area contributed by atoms with E-state index in [-0.39, 0.29) is 12.5 Å². The zero-order valence-corrected chi connectivity index (χ0v) is 15.4. The number of aryl methyl sites for hydroxylation is 1. The smallest absolute Gasteiger partial charge is 0.255 e. The first-order valence-corrected chi connectivity index (χ1v) is 8.34. The minimum Gasteiger partial charge on any atom is -0.497 e. The highest BCUT2D eigenvalue weighted by atomic mass is 35.5. The monoisotopic (exact) mass is 371 g/mol. The number of nitrogens with zero attached hydrogens (tertiary/aromatic N) is 3. The summed E-state index contributed by atoms with van der Waals surface area (Å²) >= 11 is 6.17. The van der Waals surface area contributed by atoms with Gasteiger partial charge >= 0.3 is 0 Å². The topological polar surface area (TPSA) is 68.5 Å². The molecule has 0 N–H and O–H groups in total. The number of hydrogen-bond acceptors (Lipinski definition) is 5. The second-order valence-corrected chi connectivity index (χ2v) is 6.29. The molecule has 0 saturated carbocycles. The highest BCUT2D eigenvalue weighted by Crippen LogP contribution is 2.22. The molecule has 134 valence electrons. The van der Waals surface area contributed by atoms with Crippen LogP contribution in [0.1, 0.15) is 21.8 Å². The molecule has 0 aliphatic heterocycles. The Morgan fingerprint density at radius 1 is 1.23 bits per heavy atom. The van der Waals surface area contributed by atoms with Gasteiger partial charge in [0.25, 0.3) is 5.91 Å². The molecule has 1 amide bonds. The number of rotatable bonds is 5. The third kappa shape index (κ3) is 3.86. The number of carbonyl (C=O) groups excluding carboxylic acids is 1. The Balaban J connectivity index is 1.72. The van der Waals surface area contributed by atoms with Gasteiger partial charge in [-0.3, -0.25) is 4.79 Å². The van der Waals surface area contributed by atoms with Gasteiger partial charge in [-0.2, -0.15) is 4.98 Å². The second-order valence-electron chi connectivity index (χ2n) is 5.88. The Bertz CT molecular complexity index is 922. The maximum atomic E-state index is 12.6. The third-order valence-electron chi connectivity index (χ3n) is 3.89. The first kappa shape index (κ1) is 17.9. The van der Waals surface area contributed by atoms with Crippen LogP contribution in [0.15, 0.2) is 47.0 Å². The predicted molar refractivity (Wildman–Crippen MR) is 98.3 cm³/mol. The lowest BCUT2D eigenvalue weighted by molar-refractivity contribution is 0.0769. The average Bonchev–Trinajstić information content (AvgIpc) is 3.09. The largest absolute Gasteiger partial charge is 0.497 e. The number of methoxy groups -OCH3 is 1. The van der Waals surface area contributed by atoms with E-state index >= 15 is 0 Å². The number of hydrogen-bond donors (Lipinski definition) is 0. The van der Waals surface area contributed by atoms with Crippen molar-refractivity contribution in [1.29, 1.82) is 0 Å². The lowest BCUT2D eigenvalue weighted by atomic mass is 10.1. The molecule has 0 radical (unpaired) electrons. The maximum Gasteiger partial charge on any atom is 0.255 e. The SMILES string of the molecule is COc1ccc(-c2noc(CN(C)C(=O)c3ccc(C)cc3Cl)n2)cc1. The maximum absolute atomic E-state index is 12.6. The standard InChI is InChI=1S/C19H18ClN3O3/c1-12-4-9-15(16(20)10-12)19(24)23(2)11-17-21-18(22-26-17)13-5-7-14(25-3)8-6-13/h4-10H,11H2,1-3H3. The summed E-state index contributed by atoms with van der Waals surface area (Å²) in [4.78, 5) is 18.4. The fourth-order valence-electron chi connectivity index (χ4n) is 2.45. The normalized spacial score (nSPS) is 10.6. The van der Waals surface area contributed by atoms with E-state index in [0.717, 1.165) is 16.9 Å². The highest BCUT2D eigenvalue weighted by Gasteiger charge is 2.18. The summed E-state index contributed by atoms with van der Waals surface area (Å²) in [7, 11) is 3.27. The average molecular weight is 372 g/mol. The van der Waals surface area contributed by atoms with Crippen LogP contribution >= 0.6 is 11.6 Å². The van der Waals surface area contributed by atoms with Crippen LogP contribution in [0.4, 0.5) is 0 Å². The van der Waals surface area contributed by atoms with Gasteiger partial charge < -0.3 is 14.2 Å². The molecule has 0 atom stereocenters. The second kappa shape index (κ2) is 7.58. The summed E-state index contributed by atoms with van der Waals surface area (Å²) in [6.45, 7) is 2.11. The Morgan fingerprint density at radius 3 is 2.62 bits per heavy atom. The van der Waals surface area contributed by atoms with Crippen molar-refractivity contribution in [3.05, 3.63) is 64.5 Å². The molecule has 0 bridgehead atoms. The Hall–Kier alpha value is -2.86. The first-order valence-electron chi connectivity index (χ1n) is 7.96. The molecule has 0 fully saturated rings. The quantitative estimate of drug-likeness (QED) is 0.678. The zero-order valence-electron chi connectivity index (χ0n) is 14.7. The highest BCUT2D eigenvalue weighted by molar-refractivity contribution is 6.33. The molecule has 6 nitrogen and oxygen atoms in total. The van der Waals surface area contributed by atoms with Crippen molar-refractivity contribution < 1.29 is 14.1 Å². The molecule has 3 aromatic rings. The van der Waals surface area contributed by atoms with Gasteiger partial charge in [-0.05, 0) is 48.9 Å². The number of aromatic nitrogens is 2. The van der Waals surface area contributed by atoms with Crippen LogP contribution in [0.2, 0.25) is 5.02 Å². The summed E-state index contributed by atoms with van der Waals surface area (Å²) < 4.78 is 10.4. The van der Waals surface area contributed by atoms with E-state index in [1.807, 2.05) is 37.3 Å². The molecule has 0 unspecified atom stereocenters. The van der Waals surface area contributed by atoms with Crippen molar-refractivity contribution in [3.63, 3.8) is 0 Å². The van der Waals surface area contributed by atoms with Gasteiger partial charge in [-0.15, -0.1) is 0 Å². The van der Waals surface area contributed by atoms with E-state index in [4.69, 9.17) is 20.9 Å². The molecule has 3 rings (SSSR count). The van der Waals surface area contributed by atoms with E-state index in [2.05, 4.69) is 10.1 Å². The molecule has 0 aliphatic carbocycles. The van der Waals surface area contributed by atoms with Gasteiger partial charge in [-0.25, -0.2) is 0 Å². The Labute approximate surface area is 156 Å². The van der Waals surface area contributed by atoms with Crippen LogP contribution < -0.4 is 4.74 Å². The number of ether oxygens (including phenoxy) is 1. The number of benzene rings is 2. The summed E-state index contributed by atoms with van der Waals surface area (Å²) in [5, 5.41) is 4.39. The van der Waals surface area contributed by atoms with Crippen LogP contribution in [-0.2, 0) is 6.54 Å². The lowest BCUT2D eigenvalue weighted by Gasteiger charge is -2.15. The van der Waals surface area contributed by atoms with E-state index in [0.29, 0.717) is 22.3 Å².